The Kier molecular flexibility index (Phi) is 4.34. The molecule has 26 heavy (non-hydrogen) atoms. The number of fused-ring (bicyclic) bond motifs is 2. The molecular weight excluding hydrogens is 354 g/mol. The molecule has 2 aliphatic heterocycles. The molecular formula is C18H21N3O4S. The molecule has 3 N–H and O–H groups in total. The van der Waals surface area contributed by atoms with E-state index < -0.39 is 10.0 Å². The van der Waals surface area contributed by atoms with Gasteiger partial charge in [0.05, 0.1) is 4.90 Å². The van der Waals surface area contributed by atoms with E-state index in [2.05, 4.69) is 15.4 Å². The Morgan fingerprint density at radius 3 is 2.77 bits per heavy atom. The highest BCUT2D eigenvalue weighted by atomic mass is 32.2. The first kappa shape index (κ1) is 17.3. The van der Waals surface area contributed by atoms with Crippen LogP contribution in [0.15, 0.2) is 45.7 Å². The highest BCUT2D eigenvalue weighted by Crippen LogP contribution is 2.29. The summed E-state index contributed by atoms with van der Waals surface area (Å²) < 4.78 is 31.8. The Balaban J connectivity index is 1.51. The monoisotopic (exact) mass is 375 g/mol. The fourth-order valence-corrected chi connectivity index (χ4v) is 4.55. The number of benzene rings is 1. The summed E-state index contributed by atoms with van der Waals surface area (Å²) in [4.78, 5) is 12.6. The maximum atomic E-state index is 12.5. The van der Waals surface area contributed by atoms with Crippen molar-refractivity contribution >= 4 is 15.9 Å². The number of nitrogens with one attached hydrogen (secondary N) is 3. The van der Waals surface area contributed by atoms with Gasteiger partial charge in [0.15, 0.2) is 5.76 Å². The third kappa shape index (κ3) is 3.15. The molecule has 8 heteroatoms. The number of carbonyl (C=O) groups is 1. The second-order valence-electron chi connectivity index (χ2n) is 6.76. The molecule has 1 aromatic carbocycles. The van der Waals surface area contributed by atoms with Crippen LogP contribution in [-0.2, 0) is 10.0 Å². The van der Waals surface area contributed by atoms with Gasteiger partial charge in [-0.15, -0.1) is 0 Å². The SMILES string of the molecule is CNS(=O)(=O)c1cccc(-c2ccc(C(=O)N[C@@H]3C[C@H]4CC[C@@H]3N4)o2)c1. The number of hydrogen-bond acceptors (Lipinski definition) is 5. The summed E-state index contributed by atoms with van der Waals surface area (Å²) in [7, 11) is -2.17. The lowest BCUT2D eigenvalue weighted by Crippen LogP contribution is -2.42. The maximum absolute atomic E-state index is 12.5. The van der Waals surface area contributed by atoms with Crippen LogP contribution in [0.2, 0.25) is 0 Å². The Morgan fingerprint density at radius 2 is 2.08 bits per heavy atom. The number of sulfonamides is 1. The summed E-state index contributed by atoms with van der Waals surface area (Å²) in [5, 5.41) is 6.52. The van der Waals surface area contributed by atoms with Gasteiger partial charge in [-0.2, -0.15) is 0 Å². The van der Waals surface area contributed by atoms with Gasteiger partial charge in [-0.3, -0.25) is 4.79 Å². The van der Waals surface area contributed by atoms with Gasteiger partial charge in [0.25, 0.3) is 5.91 Å². The van der Waals surface area contributed by atoms with E-state index in [0.29, 0.717) is 23.4 Å². The van der Waals surface area contributed by atoms with E-state index in [9.17, 15) is 13.2 Å². The van der Waals surface area contributed by atoms with Crippen LogP contribution >= 0.6 is 0 Å². The molecule has 1 amide bonds. The average molecular weight is 375 g/mol. The Hall–Kier alpha value is -2.16. The van der Waals surface area contributed by atoms with Crippen LogP contribution in [0.25, 0.3) is 11.3 Å². The van der Waals surface area contributed by atoms with E-state index in [-0.39, 0.29) is 22.6 Å². The molecule has 4 rings (SSSR count). The second kappa shape index (κ2) is 6.53. The minimum Gasteiger partial charge on any atom is -0.451 e. The van der Waals surface area contributed by atoms with Crippen LogP contribution in [0, 0.1) is 0 Å². The fourth-order valence-electron chi connectivity index (χ4n) is 3.77. The van der Waals surface area contributed by atoms with Crippen molar-refractivity contribution in [3.05, 3.63) is 42.2 Å². The zero-order valence-electron chi connectivity index (χ0n) is 14.4. The third-order valence-corrected chi connectivity index (χ3v) is 6.56. The molecule has 138 valence electrons. The van der Waals surface area contributed by atoms with Crippen LogP contribution in [0.4, 0.5) is 0 Å². The Bertz CT molecular complexity index is 937. The normalized spacial score (nSPS) is 24.7. The molecule has 1 aromatic heterocycles. The quantitative estimate of drug-likeness (QED) is 0.735. The molecule has 2 fully saturated rings. The number of rotatable bonds is 5. The molecule has 0 radical (unpaired) electrons. The van der Waals surface area contributed by atoms with Gasteiger partial charge in [-0.25, -0.2) is 13.1 Å². The van der Waals surface area contributed by atoms with Gasteiger partial charge in [0.1, 0.15) is 5.76 Å². The van der Waals surface area contributed by atoms with Crippen LogP contribution < -0.4 is 15.4 Å². The summed E-state index contributed by atoms with van der Waals surface area (Å²) in [5.41, 5.74) is 0.599. The summed E-state index contributed by atoms with van der Waals surface area (Å²) in [6.07, 6.45) is 3.22. The van der Waals surface area contributed by atoms with Crippen LogP contribution in [0.5, 0.6) is 0 Å². The highest BCUT2D eigenvalue weighted by Gasteiger charge is 2.39. The lowest BCUT2D eigenvalue weighted by Gasteiger charge is -2.20. The van der Waals surface area contributed by atoms with Crippen molar-refractivity contribution < 1.29 is 17.6 Å². The van der Waals surface area contributed by atoms with Gasteiger partial charge in [0, 0.05) is 23.7 Å². The molecule has 7 nitrogen and oxygen atoms in total. The number of furan rings is 1. The summed E-state index contributed by atoms with van der Waals surface area (Å²) >= 11 is 0. The Morgan fingerprint density at radius 1 is 1.23 bits per heavy atom. The summed E-state index contributed by atoms with van der Waals surface area (Å²) in [6.45, 7) is 0. The van der Waals surface area contributed by atoms with Gasteiger partial charge >= 0.3 is 0 Å². The first-order chi connectivity index (χ1) is 12.5. The first-order valence-electron chi connectivity index (χ1n) is 8.67. The van der Waals surface area contributed by atoms with Crippen LogP contribution in [0.1, 0.15) is 29.8 Å². The lowest BCUT2D eigenvalue weighted by molar-refractivity contribution is 0.0903. The molecule has 0 aliphatic carbocycles. The van der Waals surface area contributed by atoms with Crippen molar-refractivity contribution in [2.45, 2.75) is 42.3 Å². The molecule has 0 unspecified atom stereocenters. The van der Waals surface area contributed by atoms with Crippen molar-refractivity contribution in [1.82, 2.24) is 15.4 Å². The van der Waals surface area contributed by atoms with E-state index in [1.807, 2.05) is 0 Å². The van der Waals surface area contributed by atoms with E-state index in [4.69, 9.17) is 4.42 Å². The van der Waals surface area contributed by atoms with Gasteiger partial charge in [-0.05, 0) is 50.6 Å². The van der Waals surface area contributed by atoms with Crippen LogP contribution in [-0.4, -0.2) is 39.5 Å². The van der Waals surface area contributed by atoms with E-state index >= 15 is 0 Å². The zero-order chi connectivity index (χ0) is 18.3. The topological polar surface area (TPSA) is 100 Å². The minimum absolute atomic E-state index is 0.138. The van der Waals surface area contributed by atoms with Gasteiger partial charge in [0.2, 0.25) is 10.0 Å². The second-order valence-corrected chi connectivity index (χ2v) is 8.65. The molecule has 2 saturated heterocycles. The predicted molar refractivity (Wildman–Crippen MR) is 96.2 cm³/mol. The lowest BCUT2D eigenvalue weighted by atomic mass is 9.95. The molecule has 2 aliphatic rings. The standard InChI is InChI=1S/C18H21N3O4S/c1-19-26(23,24)13-4-2-3-11(9-13)16-7-8-17(25-16)18(22)21-15-10-12-5-6-14(15)20-12/h2-4,7-9,12,14-15,19-20H,5-6,10H2,1H3,(H,21,22)/t12-,14+,15-/m1/s1. The van der Waals surface area contributed by atoms with Crippen LogP contribution in [0.3, 0.4) is 0 Å². The first-order valence-corrected chi connectivity index (χ1v) is 10.2. The molecule has 0 spiro atoms. The largest absolute Gasteiger partial charge is 0.451 e. The van der Waals surface area contributed by atoms with Crippen molar-refractivity contribution in [3.63, 3.8) is 0 Å². The van der Waals surface area contributed by atoms with E-state index in [1.54, 1.807) is 24.3 Å². The smallest absolute Gasteiger partial charge is 0.287 e. The summed E-state index contributed by atoms with van der Waals surface area (Å²) in [5.74, 6) is 0.439. The third-order valence-electron chi connectivity index (χ3n) is 5.14. The molecule has 3 heterocycles. The molecule has 3 atom stereocenters. The Labute approximate surface area is 152 Å². The van der Waals surface area contributed by atoms with Crippen molar-refractivity contribution in [1.29, 1.82) is 0 Å². The van der Waals surface area contributed by atoms with E-state index in [0.717, 1.165) is 12.8 Å². The molecule has 2 bridgehead atoms. The predicted octanol–water partition coefficient (Wildman–Crippen LogP) is 1.48. The van der Waals surface area contributed by atoms with Gasteiger partial charge < -0.3 is 15.1 Å². The minimum atomic E-state index is -3.54. The summed E-state index contributed by atoms with van der Waals surface area (Å²) in [6, 6.07) is 10.7. The van der Waals surface area contributed by atoms with E-state index in [1.165, 1.54) is 25.6 Å². The fraction of sp³-hybridized carbons (Fsp3) is 0.389. The van der Waals surface area contributed by atoms with Crippen molar-refractivity contribution in [2.24, 2.45) is 0 Å². The maximum Gasteiger partial charge on any atom is 0.287 e. The molecule has 2 aromatic rings. The van der Waals surface area contributed by atoms with Crippen molar-refractivity contribution in [2.75, 3.05) is 7.05 Å². The highest BCUT2D eigenvalue weighted by molar-refractivity contribution is 7.89. The van der Waals surface area contributed by atoms with Crippen molar-refractivity contribution in [3.8, 4) is 11.3 Å². The van der Waals surface area contributed by atoms with Gasteiger partial charge in [-0.1, -0.05) is 12.1 Å². The molecule has 0 saturated carbocycles. The number of hydrogen-bond donors (Lipinski definition) is 3. The zero-order valence-corrected chi connectivity index (χ0v) is 15.2. The average Bonchev–Trinajstić information content (AvgIpc) is 3.38. The number of carbonyl (C=O) groups excluding carboxylic acids is 1. The number of amides is 1.